The summed E-state index contributed by atoms with van der Waals surface area (Å²) in [5, 5.41) is 7.05. The van der Waals surface area contributed by atoms with E-state index in [4.69, 9.17) is 14.2 Å². The molecule has 1 saturated heterocycles. The standard InChI is InChI=1S/C22H32N4O4/c1-17(2)16-30-22(27)24-18-5-6-21(19(15-18)20-7-8-23-25(20)3)29-12-4-9-26-10-13-28-14-11-26/h5-8,15,17H,4,9-14,16H2,1-3H3,(H,24,27). The minimum Gasteiger partial charge on any atom is -0.493 e. The molecule has 2 aromatic rings. The second kappa shape index (κ2) is 11.0. The van der Waals surface area contributed by atoms with E-state index in [1.54, 1.807) is 10.9 Å². The van der Waals surface area contributed by atoms with Gasteiger partial charge in [-0.05, 0) is 36.6 Å². The van der Waals surface area contributed by atoms with Crippen LogP contribution in [0.1, 0.15) is 20.3 Å². The highest BCUT2D eigenvalue weighted by molar-refractivity contribution is 5.86. The smallest absolute Gasteiger partial charge is 0.411 e. The van der Waals surface area contributed by atoms with Gasteiger partial charge in [0.2, 0.25) is 0 Å². The number of anilines is 1. The molecule has 0 aliphatic carbocycles. The maximum Gasteiger partial charge on any atom is 0.411 e. The average Bonchev–Trinajstić information content (AvgIpc) is 3.17. The molecule has 164 valence electrons. The van der Waals surface area contributed by atoms with Gasteiger partial charge < -0.3 is 14.2 Å². The van der Waals surface area contributed by atoms with Crippen LogP contribution in [-0.4, -0.2) is 66.8 Å². The van der Waals surface area contributed by atoms with Gasteiger partial charge in [0, 0.05) is 44.1 Å². The van der Waals surface area contributed by atoms with Crippen LogP contribution in [0, 0.1) is 5.92 Å². The molecule has 0 spiro atoms. The van der Waals surface area contributed by atoms with Crippen molar-refractivity contribution in [2.24, 2.45) is 13.0 Å². The maximum atomic E-state index is 12.0. The van der Waals surface area contributed by atoms with E-state index in [0.29, 0.717) is 18.9 Å². The van der Waals surface area contributed by atoms with Gasteiger partial charge in [0.25, 0.3) is 0 Å². The minimum atomic E-state index is -0.459. The number of morpholine rings is 1. The molecule has 0 bridgehead atoms. The molecular formula is C22H32N4O4. The summed E-state index contributed by atoms with van der Waals surface area (Å²) >= 11 is 0. The molecule has 1 amide bonds. The number of ether oxygens (including phenoxy) is 3. The van der Waals surface area contributed by atoms with Gasteiger partial charge in [-0.25, -0.2) is 4.79 Å². The van der Waals surface area contributed by atoms with Crippen LogP contribution in [0.4, 0.5) is 10.5 Å². The Morgan fingerprint density at radius 2 is 2.07 bits per heavy atom. The summed E-state index contributed by atoms with van der Waals surface area (Å²) in [6, 6.07) is 7.53. The van der Waals surface area contributed by atoms with Crippen molar-refractivity contribution in [2.75, 3.05) is 51.4 Å². The zero-order chi connectivity index (χ0) is 21.3. The molecule has 0 saturated carbocycles. The number of nitrogens with one attached hydrogen (secondary N) is 1. The highest BCUT2D eigenvalue weighted by Gasteiger charge is 2.14. The number of aromatic nitrogens is 2. The molecule has 8 heteroatoms. The molecule has 1 N–H and O–H groups in total. The Hall–Kier alpha value is -2.58. The SMILES string of the molecule is CC(C)COC(=O)Nc1ccc(OCCCN2CCOCC2)c(-c2ccnn2C)c1. The van der Waals surface area contributed by atoms with Crippen LogP contribution >= 0.6 is 0 Å². The molecule has 1 fully saturated rings. The van der Waals surface area contributed by atoms with Crippen molar-refractivity contribution in [3.05, 3.63) is 30.5 Å². The Balaban J connectivity index is 1.64. The Morgan fingerprint density at radius 3 is 2.77 bits per heavy atom. The predicted molar refractivity (Wildman–Crippen MR) is 116 cm³/mol. The first-order valence-corrected chi connectivity index (χ1v) is 10.5. The molecule has 1 aromatic heterocycles. The molecule has 1 aliphatic rings. The highest BCUT2D eigenvalue weighted by atomic mass is 16.5. The number of amides is 1. The van der Waals surface area contributed by atoms with Gasteiger partial charge in [-0.1, -0.05) is 13.8 Å². The molecule has 3 rings (SSSR count). The lowest BCUT2D eigenvalue weighted by Gasteiger charge is -2.26. The van der Waals surface area contributed by atoms with E-state index in [2.05, 4.69) is 15.3 Å². The second-order valence-electron chi connectivity index (χ2n) is 7.82. The first-order valence-electron chi connectivity index (χ1n) is 10.5. The fourth-order valence-electron chi connectivity index (χ4n) is 3.26. The van der Waals surface area contributed by atoms with Gasteiger partial charge >= 0.3 is 6.09 Å². The fourth-order valence-corrected chi connectivity index (χ4v) is 3.26. The quantitative estimate of drug-likeness (QED) is 0.632. The highest BCUT2D eigenvalue weighted by Crippen LogP contribution is 2.32. The Bertz CT molecular complexity index is 815. The third kappa shape index (κ3) is 6.47. The number of hydrogen-bond acceptors (Lipinski definition) is 6. The van der Waals surface area contributed by atoms with E-state index < -0.39 is 6.09 Å². The lowest BCUT2D eigenvalue weighted by Crippen LogP contribution is -2.37. The third-order valence-corrected chi connectivity index (χ3v) is 4.85. The normalized spacial score (nSPS) is 14.7. The van der Waals surface area contributed by atoms with Gasteiger partial charge in [0.05, 0.1) is 32.1 Å². The predicted octanol–water partition coefficient (Wildman–Crippen LogP) is 3.39. The van der Waals surface area contributed by atoms with E-state index in [0.717, 1.165) is 56.3 Å². The van der Waals surface area contributed by atoms with Gasteiger partial charge in [0.15, 0.2) is 0 Å². The van der Waals surface area contributed by atoms with E-state index in [9.17, 15) is 4.79 Å². The Kier molecular flexibility index (Phi) is 8.10. The number of carbonyl (C=O) groups excluding carboxylic acids is 1. The van der Waals surface area contributed by atoms with Crippen molar-refractivity contribution < 1.29 is 19.0 Å². The molecule has 8 nitrogen and oxygen atoms in total. The molecule has 30 heavy (non-hydrogen) atoms. The zero-order valence-corrected chi connectivity index (χ0v) is 18.1. The lowest BCUT2D eigenvalue weighted by molar-refractivity contribution is 0.0358. The van der Waals surface area contributed by atoms with Crippen LogP contribution in [0.25, 0.3) is 11.3 Å². The van der Waals surface area contributed by atoms with Gasteiger partial charge in [0.1, 0.15) is 5.75 Å². The zero-order valence-electron chi connectivity index (χ0n) is 18.1. The lowest BCUT2D eigenvalue weighted by atomic mass is 10.1. The Morgan fingerprint density at radius 1 is 1.27 bits per heavy atom. The largest absolute Gasteiger partial charge is 0.493 e. The number of benzene rings is 1. The van der Waals surface area contributed by atoms with Crippen LogP contribution in [-0.2, 0) is 16.5 Å². The van der Waals surface area contributed by atoms with Crippen molar-refractivity contribution in [3.63, 3.8) is 0 Å². The van der Waals surface area contributed by atoms with Crippen molar-refractivity contribution in [1.82, 2.24) is 14.7 Å². The van der Waals surface area contributed by atoms with Crippen molar-refractivity contribution in [3.8, 4) is 17.0 Å². The van der Waals surface area contributed by atoms with Crippen molar-refractivity contribution >= 4 is 11.8 Å². The Labute approximate surface area is 178 Å². The number of rotatable bonds is 9. The summed E-state index contributed by atoms with van der Waals surface area (Å²) in [7, 11) is 1.88. The number of carbonyl (C=O) groups is 1. The summed E-state index contributed by atoms with van der Waals surface area (Å²) in [6.07, 6.45) is 2.22. The number of aryl methyl sites for hydroxylation is 1. The third-order valence-electron chi connectivity index (χ3n) is 4.85. The molecule has 2 heterocycles. The summed E-state index contributed by atoms with van der Waals surface area (Å²) in [5.74, 6) is 1.05. The maximum absolute atomic E-state index is 12.0. The molecule has 1 aliphatic heterocycles. The van der Waals surface area contributed by atoms with E-state index in [1.165, 1.54) is 0 Å². The molecule has 1 aromatic carbocycles. The van der Waals surface area contributed by atoms with Crippen LogP contribution in [0.2, 0.25) is 0 Å². The van der Waals surface area contributed by atoms with Crippen molar-refractivity contribution in [2.45, 2.75) is 20.3 Å². The molecule has 0 radical (unpaired) electrons. The van der Waals surface area contributed by atoms with Gasteiger partial charge in [-0.15, -0.1) is 0 Å². The second-order valence-corrected chi connectivity index (χ2v) is 7.82. The van der Waals surface area contributed by atoms with Crippen LogP contribution in [0.3, 0.4) is 0 Å². The van der Waals surface area contributed by atoms with Crippen LogP contribution in [0.5, 0.6) is 5.75 Å². The fraction of sp³-hybridized carbons (Fsp3) is 0.545. The van der Waals surface area contributed by atoms with E-state index in [1.807, 2.05) is 45.2 Å². The summed E-state index contributed by atoms with van der Waals surface area (Å²) in [5.41, 5.74) is 2.45. The molecule has 0 atom stereocenters. The summed E-state index contributed by atoms with van der Waals surface area (Å²) in [6.45, 7) is 9.56. The first kappa shape index (κ1) is 22.1. The van der Waals surface area contributed by atoms with E-state index in [-0.39, 0.29) is 5.92 Å². The minimum absolute atomic E-state index is 0.286. The number of hydrogen-bond donors (Lipinski definition) is 1. The summed E-state index contributed by atoms with van der Waals surface area (Å²) in [4.78, 5) is 14.4. The van der Waals surface area contributed by atoms with Gasteiger partial charge in [-0.2, -0.15) is 5.10 Å². The van der Waals surface area contributed by atoms with Crippen LogP contribution < -0.4 is 10.1 Å². The number of nitrogens with zero attached hydrogens (tertiary/aromatic N) is 3. The first-order chi connectivity index (χ1) is 14.5. The van der Waals surface area contributed by atoms with Gasteiger partial charge in [-0.3, -0.25) is 14.9 Å². The average molecular weight is 417 g/mol. The molecule has 0 unspecified atom stereocenters. The monoisotopic (exact) mass is 416 g/mol. The van der Waals surface area contributed by atoms with E-state index >= 15 is 0 Å². The molecular weight excluding hydrogens is 384 g/mol. The van der Waals surface area contributed by atoms with Crippen molar-refractivity contribution in [1.29, 1.82) is 0 Å². The topological polar surface area (TPSA) is 77.8 Å². The van der Waals surface area contributed by atoms with Crippen LogP contribution in [0.15, 0.2) is 30.5 Å². The summed E-state index contributed by atoms with van der Waals surface area (Å²) < 4.78 is 18.5.